The van der Waals surface area contributed by atoms with Gasteiger partial charge >= 0.3 is 0 Å². The third-order valence-corrected chi connectivity index (χ3v) is 2.96. The van der Waals surface area contributed by atoms with Gasteiger partial charge in [-0.15, -0.1) is 0 Å². The molecular formula is C14H23ClN2. The fraction of sp³-hybridized carbons (Fsp3) is 0.643. The lowest BCUT2D eigenvalue weighted by Gasteiger charge is -2.30. The highest BCUT2D eigenvalue weighted by molar-refractivity contribution is 6.31. The Kier molecular flexibility index (Phi) is 4.56. The lowest BCUT2D eigenvalue weighted by atomic mass is 9.85. The average Bonchev–Trinajstić information content (AvgIpc) is 2.18. The maximum absolute atomic E-state index is 6.14. The lowest BCUT2D eigenvalue weighted by Crippen LogP contribution is -2.42. The second-order valence-corrected chi connectivity index (χ2v) is 6.82. The third-order valence-electron chi connectivity index (χ3n) is 2.62. The van der Waals surface area contributed by atoms with Crippen molar-refractivity contribution in [1.82, 2.24) is 10.3 Å². The Morgan fingerprint density at radius 3 is 2.41 bits per heavy atom. The summed E-state index contributed by atoms with van der Waals surface area (Å²) in [5.41, 5.74) is 1.50. The Bertz CT molecular complexity index is 367. The molecule has 0 aliphatic carbocycles. The van der Waals surface area contributed by atoms with Crippen molar-refractivity contribution < 1.29 is 0 Å². The van der Waals surface area contributed by atoms with E-state index in [1.54, 1.807) is 12.4 Å². The van der Waals surface area contributed by atoms with Crippen molar-refractivity contribution in [2.45, 2.75) is 46.6 Å². The molecule has 17 heavy (non-hydrogen) atoms. The van der Waals surface area contributed by atoms with Gasteiger partial charge in [-0.05, 0) is 44.2 Å². The number of nitrogens with one attached hydrogen (secondary N) is 1. The Hall–Kier alpha value is -0.600. The van der Waals surface area contributed by atoms with E-state index in [-0.39, 0.29) is 11.0 Å². The van der Waals surface area contributed by atoms with Gasteiger partial charge in [-0.25, -0.2) is 0 Å². The molecular weight excluding hydrogens is 232 g/mol. The molecule has 0 spiro atoms. The van der Waals surface area contributed by atoms with Gasteiger partial charge in [-0.3, -0.25) is 4.98 Å². The van der Waals surface area contributed by atoms with Gasteiger partial charge in [-0.1, -0.05) is 25.4 Å². The van der Waals surface area contributed by atoms with E-state index in [4.69, 9.17) is 11.6 Å². The standard InChI is InChI=1S/C14H23ClN2/c1-13(2,3)17-10-14(4,5)8-11-6-7-16-9-12(11)15/h6-7,9,17H,8,10H2,1-5H3. The fourth-order valence-corrected chi connectivity index (χ4v) is 1.82. The van der Waals surface area contributed by atoms with E-state index in [1.807, 2.05) is 6.07 Å². The van der Waals surface area contributed by atoms with Crippen molar-refractivity contribution in [3.63, 3.8) is 0 Å². The van der Waals surface area contributed by atoms with E-state index in [0.717, 1.165) is 18.0 Å². The van der Waals surface area contributed by atoms with Crippen LogP contribution in [-0.2, 0) is 6.42 Å². The van der Waals surface area contributed by atoms with E-state index >= 15 is 0 Å². The molecule has 0 aromatic carbocycles. The van der Waals surface area contributed by atoms with Crippen LogP contribution < -0.4 is 5.32 Å². The van der Waals surface area contributed by atoms with E-state index in [0.29, 0.717) is 0 Å². The largest absolute Gasteiger partial charge is 0.312 e. The number of aromatic nitrogens is 1. The molecule has 0 aliphatic rings. The Morgan fingerprint density at radius 2 is 1.88 bits per heavy atom. The SMILES string of the molecule is CC(C)(CNC(C)(C)C)Cc1ccncc1Cl. The first-order valence-corrected chi connectivity index (χ1v) is 6.41. The first kappa shape index (κ1) is 14.5. The molecule has 0 amide bonds. The summed E-state index contributed by atoms with van der Waals surface area (Å²) >= 11 is 6.14. The van der Waals surface area contributed by atoms with Crippen molar-refractivity contribution in [3.8, 4) is 0 Å². The second kappa shape index (κ2) is 5.36. The molecule has 1 aromatic heterocycles. The van der Waals surface area contributed by atoms with E-state index in [1.165, 1.54) is 5.56 Å². The van der Waals surface area contributed by atoms with Crippen LogP contribution in [0.5, 0.6) is 0 Å². The van der Waals surface area contributed by atoms with Gasteiger partial charge in [0, 0.05) is 24.5 Å². The van der Waals surface area contributed by atoms with Crippen molar-refractivity contribution >= 4 is 11.6 Å². The molecule has 96 valence electrons. The zero-order valence-electron chi connectivity index (χ0n) is 11.5. The van der Waals surface area contributed by atoms with Crippen LogP contribution in [0.3, 0.4) is 0 Å². The molecule has 2 nitrogen and oxygen atoms in total. The summed E-state index contributed by atoms with van der Waals surface area (Å²) in [6, 6.07) is 2.00. The number of nitrogens with zero attached hydrogens (tertiary/aromatic N) is 1. The maximum atomic E-state index is 6.14. The van der Waals surface area contributed by atoms with Gasteiger partial charge < -0.3 is 5.32 Å². The molecule has 0 aliphatic heterocycles. The Labute approximate surface area is 110 Å². The molecule has 0 radical (unpaired) electrons. The van der Waals surface area contributed by atoms with Gasteiger partial charge in [0.15, 0.2) is 0 Å². The number of rotatable bonds is 4. The summed E-state index contributed by atoms with van der Waals surface area (Å²) in [6.07, 6.45) is 4.47. The van der Waals surface area contributed by atoms with Gasteiger partial charge in [0.1, 0.15) is 0 Å². The zero-order valence-corrected chi connectivity index (χ0v) is 12.2. The van der Waals surface area contributed by atoms with Gasteiger partial charge in [0.2, 0.25) is 0 Å². The minimum atomic E-state index is 0.152. The zero-order chi connectivity index (χ0) is 13.1. The van der Waals surface area contributed by atoms with Crippen LogP contribution >= 0.6 is 11.6 Å². The minimum absolute atomic E-state index is 0.152. The van der Waals surface area contributed by atoms with Crippen LogP contribution in [0.15, 0.2) is 18.5 Å². The monoisotopic (exact) mass is 254 g/mol. The van der Waals surface area contributed by atoms with E-state index in [9.17, 15) is 0 Å². The summed E-state index contributed by atoms with van der Waals surface area (Å²) in [5, 5.41) is 4.30. The molecule has 1 rings (SSSR count). The number of pyridine rings is 1. The molecule has 0 unspecified atom stereocenters. The molecule has 0 fully saturated rings. The second-order valence-electron chi connectivity index (χ2n) is 6.41. The molecule has 0 saturated heterocycles. The molecule has 1 aromatic rings. The number of hydrogen-bond donors (Lipinski definition) is 1. The minimum Gasteiger partial charge on any atom is -0.312 e. The molecule has 0 saturated carbocycles. The van der Waals surface area contributed by atoms with Crippen molar-refractivity contribution in [2.24, 2.45) is 5.41 Å². The lowest BCUT2D eigenvalue weighted by molar-refractivity contribution is 0.289. The summed E-state index contributed by atoms with van der Waals surface area (Å²) in [5.74, 6) is 0. The molecule has 1 N–H and O–H groups in total. The van der Waals surface area contributed by atoms with E-state index in [2.05, 4.69) is 44.9 Å². The van der Waals surface area contributed by atoms with Crippen molar-refractivity contribution in [3.05, 3.63) is 29.0 Å². The fourth-order valence-electron chi connectivity index (χ4n) is 1.63. The summed E-state index contributed by atoms with van der Waals surface area (Å²) in [4.78, 5) is 4.01. The highest BCUT2D eigenvalue weighted by atomic mass is 35.5. The van der Waals surface area contributed by atoms with Crippen LogP contribution in [0.2, 0.25) is 5.02 Å². The van der Waals surface area contributed by atoms with Crippen LogP contribution in [0.1, 0.15) is 40.2 Å². The normalized spacial score (nSPS) is 12.8. The first-order chi connectivity index (χ1) is 7.70. The predicted octanol–water partition coefficient (Wildman–Crippen LogP) is 3.69. The predicted molar refractivity (Wildman–Crippen MR) is 74.5 cm³/mol. The van der Waals surface area contributed by atoms with E-state index < -0.39 is 0 Å². The van der Waals surface area contributed by atoms with Crippen LogP contribution in [0.25, 0.3) is 0 Å². The quantitative estimate of drug-likeness (QED) is 0.887. The highest BCUT2D eigenvalue weighted by Crippen LogP contribution is 2.25. The Morgan fingerprint density at radius 1 is 1.24 bits per heavy atom. The highest BCUT2D eigenvalue weighted by Gasteiger charge is 2.22. The Balaban J connectivity index is 2.64. The average molecular weight is 255 g/mol. The molecule has 0 atom stereocenters. The van der Waals surface area contributed by atoms with Gasteiger partial charge in [0.25, 0.3) is 0 Å². The maximum Gasteiger partial charge on any atom is 0.0621 e. The molecule has 0 bridgehead atoms. The van der Waals surface area contributed by atoms with Crippen LogP contribution in [0, 0.1) is 5.41 Å². The summed E-state index contributed by atoms with van der Waals surface area (Å²) in [7, 11) is 0. The van der Waals surface area contributed by atoms with Gasteiger partial charge in [0.05, 0.1) is 5.02 Å². The van der Waals surface area contributed by atoms with Gasteiger partial charge in [-0.2, -0.15) is 0 Å². The third kappa shape index (κ3) is 5.51. The first-order valence-electron chi connectivity index (χ1n) is 6.03. The van der Waals surface area contributed by atoms with Crippen LogP contribution in [-0.4, -0.2) is 17.1 Å². The topological polar surface area (TPSA) is 24.9 Å². The smallest absolute Gasteiger partial charge is 0.0621 e. The number of halogens is 1. The van der Waals surface area contributed by atoms with Crippen molar-refractivity contribution in [1.29, 1.82) is 0 Å². The van der Waals surface area contributed by atoms with Crippen LogP contribution in [0.4, 0.5) is 0 Å². The molecule has 3 heteroatoms. The number of hydrogen-bond acceptors (Lipinski definition) is 2. The molecule has 1 heterocycles. The summed E-state index contributed by atoms with van der Waals surface area (Å²) < 4.78 is 0. The van der Waals surface area contributed by atoms with Crippen molar-refractivity contribution in [2.75, 3.05) is 6.54 Å². The summed E-state index contributed by atoms with van der Waals surface area (Å²) in [6.45, 7) is 12.0.